The molecule has 2 unspecified atom stereocenters. The van der Waals surface area contributed by atoms with Gasteiger partial charge >= 0.3 is 6.09 Å². The molecule has 2 N–H and O–H groups in total. The monoisotopic (exact) mass is 564 g/mol. The van der Waals surface area contributed by atoms with Crippen LogP contribution in [0.25, 0.3) is 0 Å². The number of aliphatic imine (C=N–C) groups is 1. The third kappa shape index (κ3) is 9.14. The van der Waals surface area contributed by atoms with Crippen molar-refractivity contribution < 1.29 is 23.4 Å². The van der Waals surface area contributed by atoms with Gasteiger partial charge in [0.2, 0.25) is 0 Å². The van der Waals surface area contributed by atoms with E-state index in [2.05, 4.69) is 17.6 Å². The van der Waals surface area contributed by atoms with E-state index >= 15 is 0 Å². The maximum atomic E-state index is 11.9. The highest BCUT2D eigenvalue weighted by molar-refractivity contribution is 14.0. The number of halogens is 1. The van der Waals surface area contributed by atoms with E-state index in [-0.39, 0.29) is 48.3 Å². The van der Waals surface area contributed by atoms with Gasteiger partial charge in [0.1, 0.15) is 5.76 Å². The number of carbonyl (C=O) groups is 1. The van der Waals surface area contributed by atoms with Gasteiger partial charge in [0, 0.05) is 44.7 Å². The Morgan fingerprint density at radius 1 is 1.34 bits per heavy atom. The van der Waals surface area contributed by atoms with Crippen LogP contribution in [-0.2, 0) is 20.6 Å². The van der Waals surface area contributed by atoms with Gasteiger partial charge in [-0.15, -0.1) is 24.0 Å². The topological polar surface area (TPSA) is 97.6 Å². The van der Waals surface area contributed by atoms with Crippen molar-refractivity contribution in [2.24, 2.45) is 4.99 Å². The fourth-order valence-electron chi connectivity index (χ4n) is 3.68. The van der Waals surface area contributed by atoms with Crippen molar-refractivity contribution in [1.82, 2.24) is 15.5 Å². The molecule has 1 amide bonds. The SMILES string of the molecule is CCOC(=O)N1CCC(NC(=NCCc2ccco2)NC(C)COC2CCOC2)CC1.I. The molecule has 0 aromatic carbocycles. The molecule has 1 aromatic heterocycles. The van der Waals surface area contributed by atoms with Crippen molar-refractivity contribution in [1.29, 1.82) is 0 Å². The van der Waals surface area contributed by atoms with Gasteiger partial charge in [-0.05, 0) is 45.2 Å². The lowest BCUT2D eigenvalue weighted by molar-refractivity contribution is 0.0347. The highest BCUT2D eigenvalue weighted by Gasteiger charge is 2.24. The van der Waals surface area contributed by atoms with Gasteiger partial charge in [-0.2, -0.15) is 0 Å². The van der Waals surface area contributed by atoms with E-state index < -0.39 is 0 Å². The zero-order chi connectivity index (χ0) is 21.9. The molecule has 3 rings (SSSR count). The Morgan fingerprint density at radius 2 is 2.16 bits per heavy atom. The van der Waals surface area contributed by atoms with Crippen LogP contribution in [-0.4, -0.2) is 81.2 Å². The Bertz CT molecular complexity index is 674. The largest absolute Gasteiger partial charge is 0.469 e. The number of ether oxygens (including phenoxy) is 3. The number of likely N-dealkylation sites (tertiary alicyclic amines) is 1. The van der Waals surface area contributed by atoms with Crippen LogP contribution in [0.1, 0.15) is 38.9 Å². The Balaban J connectivity index is 0.00000363. The summed E-state index contributed by atoms with van der Waals surface area (Å²) in [6.07, 6.45) is 5.03. The molecule has 2 fully saturated rings. The Hall–Kier alpha value is -1.53. The summed E-state index contributed by atoms with van der Waals surface area (Å²) >= 11 is 0. The highest BCUT2D eigenvalue weighted by Crippen LogP contribution is 2.12. The van der Waals surface area contributed by atoms with E-state index in [0.29, 0.717) is 39.5 Å². The van der Waals surface area contributed by atoms with Crippen molar-refractivity contribution in [3.63, 3.8) is 0 Å². The quantitative estimate of drug-likeness (QED) is 0.271. The van der Waals surface area contributed by atoms with Crippen LogP contribution >= 0.6 is 24.0 Å². The molecule has 32 heavy (non-hydrogen) atoms. The second-order valence-electron chi connectivity index (χ2n) is 8.03. The molecule has 0 spiro atoms. The Kier molecular flexibility index (Phi) is 12.2. The lowest BCUT2D eigenvalue weighted by Crippen LogP contribution is -2.52. The van der Waals surface area contributed by atoms with Gasteiger partial charge in [0.05, 0.1) is 32.2 Å². The van der Waals surface area contributed by atoms with Gasteiger partial charge in [-0.25, -0.2) is 4.79 Å². The number of nitrogens with one attached hydrogen (secondary N) is 2. The van der Waals surface area contributed by atoms with E-state index in [4.69, 9.17) is 23.6 Å². The lowest BCUT2D eigenvalue weighted by Gasteiger charge is -2.33. The molecule has 2 saturated heterocycles. The standard InChI is InChI=1S/C22H36N4O5.HI/c1-3-29-22(27)26-11-7-18(8-12-26)25-21(23-10-6-19-5-4-13-30-19)24-17(2)15-31-20-9-14-28-16-20;/h4-5,13,17-18,20H,3,6-12,14-16H2,1-2H3,(H2,23,24,25);1H. The summed E-state index contributed by atoms with van der Waals surface area (Å²) in [4.78, 5) is 18.4. The third-order valence-corrected chi connectivity index (χ3v) is 5.42. The summed E-state index contributed by atoms with van der Waals surface area (Å²) in [6.45, 7) is 8.33. The molecule has 10 heteroatoms. The fraction of sp³-hybridized carbons (Fsp3) is 0.727. The van der Waals surface area contributed by atoms with Gasteiger partial charge in [0.25, 0.3) is 0 Å². The number of hydrogen-bond donors (Lipinski definition) is 2. The molecular weight excluding hydrogens is 527 g/mol. The predicted molar refractivity (Wildman–Crippen MR) is 133 cm³/mol. The molecule has 3 heterocycles. The minimum atomic E-state index is -0.229. The van der Waals surface area contributed by atoms with Crippen LogP contribution in [0.3, 0.4) is 0 Å². The van der Waals surface area contributed by atoms with Gasteiger partial charge in [-0.1, -0.05) is 0 Å². The van der Waals surface area contributed by atoms with E-state index in [0.717, 1.165) is 44.0 Å². The first-order valence-electron chi connectivity index (χ1n) is 11.3. The molecule has 0 bridgehead atoms. The number of hydrogen-bond acceptors (Lipinski definition) is 6. The Labute approximate surface area is 207 Å². The second-order valence-corrected chi connectivity index (χ2v) is 8.03. The molecule has 9 nitrogen and oxygen atoms in total. The predicted octanol–water partition coefficient (Wildman–Crippen LogP) is 2.79. The number of guanidine groups is 1. The van der Waals surface area contributed by atoms with E-state index in [9.17, 15) is 4.79 Å². The number of piperidine rings is 1. The van der Waals surface area contributed by atoms with Gasteiger partial charge in [0.15, 0.2) is 5.96 Å². The summed E-state index contributed by atoms with van der Waals surface area (Å²) in [5, 5.41) is 7.00. The van der Waals surface area contributed by atoms with Crippen molar-refractivity contribution in [3.05, 3.63) is 24.2 Å². The van der Waals surface area contributed by atoms with E-state index in [1.807, 2.05) is 19.1 Å². The third-order valence-electron chi connectivity index (χ3n) is 5.42. The first kappa shape index (κ1) is 26.7. The summed E-state index contributed by atoms with van der Waals surface area (Å²) < 4.78 is 21.8. The summed E-state index contributed by atoms with van der Waals surface area (Å²) in [5.41, 5.74) is 0. The smallest absolute Gasteiger partial charge is 0.409 e. The van der Waals surface area contributed by atoms with E-state index in [1.54, 1.807) is 11.2 Å². The van der Waals surface area contributed by atoms with Crippen LogP contribution < -0.4 is 10.6 Å². The zero-order valence-electron chi connectivity index (χ0n) is 19.1. The molecule has 2 atom stereocenters. The van der Waals surface area contributed by atoms with Crippen molar-refractivity contribution in [2.45, 2.75) is 57.7 Å². The van der Waals surface area contributed by atoms with Crippen molar-refractivity contribution in [2.75, 3.05) is 46.1 Å². The summed E-state index contributed by atoms with van der Waals surface area (Å²) in [5.74, 6) is 1.68. The molecule has 0 aliphatic carbocycles. The number of nitrogens with zero attached hydrogens (tertiary/aromatic N) is 2. The molecule has 182 valence electrons. The minimum absolute atomic E-state index is 0. The highest BCUT2D eigenvalue weighted by atomic mass is 127. The first-order valence-corrected chi connectivity index (χ1v) is 11.3. The van der Waals surface area contributed by atoms with Crippen LogP contribution in [0.15, 0.2) is 27.8 Å². The zero-order valence-corrected chi connectivity index (χ0v) is 21.4. The molecule has 0 saturated carbocycles. The van der Waals surface area contributed by atoms with Crippen LogP contribution in [0.2, 0.25) is 0 Å². The second kappa shape index (κ2) is 14.6. The van der Waals surface area contributed by atoms with Crippen LogP contribution in [0.5, 0.6) is 0 Å². The molecule has 1 aromatic rings. The van der Waals surface area contributed by atoms with Gasteiger partial charge < -0.3 is 34.2 Å². The maximum absolute atomic E-state index is 11.9. The molecular formula is C22H37IN4O5. The maximum Gasteiger partial charge on any atom is 0.409 e. The summed E-state index contributed by atoms with van der Waals surface area (Å²) in [6, 6.07) is 4.20. The Morgan fingerprint density at radius 3 is 2.81 bits per heavy atom. The number of rotatable bonds is 9. The number of amides is 1. The van der Waals surface area contributed by atoms with Crippen LogP contribution in [0.4, 0.5) is 4.79 Å². The average Bonchev–Trinajstić information content (AvgIpc) is 3.47. The minimum Gasteiger partial charge on any atom is -0.469 e. The van der Waals surface area contributed by atoms with Crippen molar-refractivity contribution >= 4 is 36.0 Å². The molecule has 0 radical (unpaired) electrons. The van der Waals surface area contributed by atoms with Crippen LogP contribution in [0, 0.1) is 0 Å². The van der Waals surface area contributed by atoms with E-state index in [1.165, 1.54) is 0 Å². The van der Waals surface area contributed by atoms with Crippen molar-refractivity contribution in [3.8, 4) is 0 Å². The molecule has 2 aliphatic heterocycles. The van der Waals surface area contributed by atoms with Gasteiger partial charge in [-0.3, -0.25) is 4.99 Å². The number of carbonyl (C=O) groups excluding carboxylic acids is 1. The first-order chi connectivity index (χ1) is 15.1. The summed E-state index contributed by atoms with van der Waals surface area (Å²) in [7, 11) is 0. The average molecular weight is 564 g/mol. The normalized spacial score (nSPS) is 20.5. The number of furan rings is 1. The lowest BCUT2D eigenvalue weighted by atomic mass is 10.1. The fourth-order valence-corrected chi connectivity index (χ4v) is 3.68. The molecule has 2 aliphatic rings.